The van der Waals surface area contributed by atoms with Crippen LogP contribution in [0.1, 0.15) is 10.4 Å². The van der Waals surface area contributed by atoms with E-state index in [9.17, 15) is 14.9 Å². The van der Waals surface area contributed by atoms with Crippen LogP contribution in [-0.2, 0) is 0 Å². The van der Waals surface area contributed by atoms with Crippen LogP contribution < -0.4 is 5.32 Å². The molecule has 1 heterocycles. The summed E-state index contributed by atoms with van der Waals surface area (Å²) in [6.07, 6.45) is 1.65. The maximum Gasteiger partial charge on any atom is 0.288 e. The number of rotatable bonds is 4. The van der Waals surface area contributed by atoms with Gasteiger partial charge in [-0.1, -0.05) is 41.9 Å². The van der Waals surface area contributed by atoms with Crippen molar-refractivity contribution in [1.29, 1.82) is 0 Å². The van der Waals surface area contributed by atoms with Crippen LogP contribution in [0.3, 0.4) is 0 Å². The van der Waals surface area contributed by atoms with Gasteiger partial charge >= 0.3 is 0 Å². The number of nitrogens with one attached hydrogen (secondary N) is 1. The van der Waals surface area contributed by atoms with Gasteiger partial charge < -0.3 is 5.32 Å². The number of nitro benzene ring substituents is 1. The molecule has 3 aromatic rings. The van der Waals surface area contributed by atoms with Gasteiger partial charge in [-0.05, 0) is 29.8 Å². The molecule has 2 aromatic carbocycles. The van der Waals surface area contributed by atoms with Crippen molar-refractivity contribution in [3.8, 4) is 11.1 Å². The van der Waals surface area contributed by atoms with Crippen LogP contribution in [0.4, 0.5) is 11.5 Å². The van der Waals surface area contributed by atoms with Gasteiger partial charge in [0.05, 0.1) is 4.92 Å². The number of aromatic nitrogens is 1. The van der Waals surface area contributed by atoms with Gasteiger partial charge in [0, 0.05) is 23.4 Å². The third-order valence-corrected chi connectivity index (χ3v) is 3.84. The summed E-state index contributed by atoms with van der Waals surface area (Å²) in [5, 5.41) is 13.5. The zero-order valence-corrected chi connectivity index (χ0v) is 13.6. The van der Waals surface area contributed by atoms with Crippen LogP contribution in [-0.4, -0.2) is 15.8 Å². The number of anilines is 1. The molecule has 1 amide bonds. The summed E-state index contributed by atoms with van der Waals surface area (Å²) in [7, 11) is 0. The lowest BCUT2D eigenvalue weighted by Gasteiger charge is -2.06. The molecule has 0 aliphatic rings. The minimum Gasteiger partial charge on any atom is -0.307 e. The summed E-state index contributed by atoms with van der Waals surface area (Å²) in [6.45, 7) is 0. The molecule has 0 fully saturated rings. The Morgan fingerprint density at radius 2 is 1.80 bits per heavy atom. The molecule has 0 saturated heterocycles. The molecule has 0 unspecified atom stereocenters. The number of nitro groups is 1. The molecular weight excluding hydrogens is 342 g/mol. The number of halogens is 1. The topological polar surface area (TPSA) is 85.1 Å². The lowest BCUT2D eigenvalue weighted by atomic mass is 10.1. The maximum atomic E-state index is 12.2. The van der Waals surface area contributed by atoms with E-state index < -0.39 is 10.8 Å². The van der Waals surface area contributed by atoms with Crippen molar-refractivity contribution in [2.75, 3.05) is 5.32 Å². The first-order valence-corrected chi connectivity index (χ1v) is 7.69. The molecule has 0 aliphatic heterocycles. The monoisotopic (exact) mass is 353 g/mol. The summed E-state index contributed by atoms with van der Waals surface area (Å²) >= 11 is 5.75. The predicted octanol–water partition coefficient (Wildman–Crippen LogP) is 4.56. The molecule has 7 heteroatoms. The van der Waals surface area contributed by atoms with Crippen molar-refractivity contribution in [2.45, 2.75) is 0 Å². The van der Waals surface area contributed by atoms with Crippen molar-refractivity contribution in [2.24, 2.45) is 0 Å². The number of carbonyl (C=O) groups is 1. The summed E-state index contributed by atoms with van der Waals surface area (Å²) in [5.41, 5.74) is 1.74. The van der Waals surface area contributed by atoms with Crippen molar-refractivity contribution >= 4 is 29.0 Å². The van der Waals surface area contributed by atoms with E-state index in [1.165, 1.54) is 12.1 Å². The van der Waals surface area contributed by atoms with Crippen LogP contribution in [0, 0.1) is 10.1 Å². The van der Waals surface area contributed by atoms with E-state index in [0.29, 0.717) is 5.82 Å². The molecule has 0 atom stereocenters. The number of carbonyl (C=O) groups excluding carboxylic acids is 1. The minimum absolute atomic E-state index is 0.0214. The first-order chi connectivity index (χ1) is 12.0. The highest BCUT2D eigenvalue weighted by molar-refractivity contribution is 6.32. The van der Waals surface area contributed by atoms with Crippen LogP contribution in [0.25, 0.3) is 11.1 Å². The van der Waals surface area contributed by atoms with Gasteiger partial charge in [0.1, 0.15) is 10.8 Å². The number of pyridine rings is 1. The lowest BCUT2D eigenvalue weighted by molar-refractivity contribution is -0.384. The van der Waals surface area contributed by atoms with Gasteiger partial charge in [-0.2, -0.15) is 0 Å². The molecule has 0 saturated carbocycles. The number of hydrogen-bond donors (Lipinski definition) is 1. The highest BCUT2D eigenvalue weighted by Crippen LogP contribution is 2.25. The first-order valence-electron chi connectivity index (χ1n) is 7.31. The maximum absolute atomic E-state index is 12.2. The van der Waals surface area contributed by atoms with Crippen molar-refractivity contribution in [1.82, 2.24) is 4.98 Å². The number of benzene rings is 2. The Balaban J connectivity index is 1.77. The Bertz CT molecular complexity index is 928. The van der Waals surface area contributed by atoms with E-state index in [1.54, 1.807) is 12.3 Å². The van der Waals surface area contributed by atoms with Crippen molar-refractivity contribution < 1.29 is 9.72 Å². The zero-order valence-electron chi connectivity index (χ0n) is 12.8. The molecule has 0 spiro atoms. The lowest BCUT2D eigenvalue weighted by Crippen LogP contribution is -2.13. The van der Waals surface area contributed by atoms with Gasteiger partial charge in [0.15, 0.2) is 0 Å². The fraction of sp³-hybridized carbons (Fsp3) is 0. The standard InChI is InChI=1S/C18H12ClN3O3/c19-15-8-6-13(10-16(15)22(24)25)18(23)21-17-9-7-14(11-20-17)12-4-2-1-3-5-12/h1-11H,(H,20,21,23). The Hall–Kier alpha value is -3.25. The van der Waals surface area contributed by atoms with E-state index in [-0.39, 0.29) is 16.3 Å². The smallest absolute Gasteiger partial charge is 0.288 e. The predicted molar refractivity (Wildman–Crippen MR) is 95.7 cm³/mol. The van der Waals surface area contributed by atoms with Crippen LogP contribution in [0.15, 0.2) is 66.9 Å². The minimum atomic E-state index is -0.633. The second kappa shape index (κ2) is 7.11. The molecule has 0 radical (unpaired) electrons. The summed E-state index contributed by atoms with van der Waals surface area (Å²) in [5.74, 6) is -0.151. The Morgan fingerprint density at radius 1 is 1.04 bits per heavy atom. The zero-order chi connectivity index (χ0) is 17.8. The highest BCUT2D eigenvalue weighted by atomic mass is 35.5. The fourth-order valence-corrected chi connectivity index (χ4v) is 2.44. The van der Waals surface area contributed by atoms with E-state index >= 15 is 0 Å². The molecule has 124 valence electrons. The van der Waals surface area contributed by atoms with E-state index in [2.05, 4.69) is 10.3 Å². The quantitative estimate of drug-likeness (QED) is 0.550. The van der Waals surface area contributed by atoms with Gasteiger partial charge in [0.25, 0.3) is 11.6 Å². The van der Waals surface area contributed by atoms with Crippen molar-refractivity contribution in [3.63, 3.8) is 0 Å². The molecule has 0 aliphatic carbocycles. The Kier molecular flexibility index (Phi) is 4.72. The normalized spacial score (nSPS) is 10.3. The van der Waals surface area contributed by atoms with Crippen LogP contribution in [0.5, 0.6) is 0 Å². The Morgan fingerprint density at radius 3 is 2.44 bits per heavy atom. The average Bonchev–Trinajstić information content (AvgIpc) is 2.63. The summed E-state index contributed by atoms with van der Waals surface area (Å²) < 4.78 is 0. The van der Waals surface area contributed by atoms with Crippen LogP contribution >= 0.6 is 11.6 Å². The van der Waals surface area contributed by atoms with Gasteiger partial charge in [-0.25, -0.2) is 4.98 Å². The number of amides is 1. The summed E-state index contributed by atoms with van der Waals surface area (Å²) in [6, 6.07) is 17.1. The SMILES string of the molecule is O=C(Nc1ccc(-c2ccccc2)cn1)c1ccc(Cl)c([N+](=O)[O-])c1. The number of hydrogen-bond acceptors (Lipinski definition) is 4. The second-order valence-corrected chi connectivity index (χ2v) is 5.58. The second-order valence-electron chi connectivity index (χ2n) is 5.18. The molecule has 25 heavy (non-hydrogen) atoms. The molecular formula is C18H12ClN3O3. The third kappa shape index (κ3) is 3.81. The molecule has 0 bridgehead atoms. The van der Waals surface area contributed by atoms with E-state index in [1.807, 2.05) is 36.4 Å². The molecule has 6 nitrogen and oxygen atoms in total. The largest absolute Gasteiger partial charge is 0.307 e. The van der Waals surface area contributed by atoms with Crippen molar-refractivity contribution in [3.05, 3.63) is 87.6 Å². The van der Waals surface area contributed by atoms with Crippen LogP contribution in [0.2, 0.25) is 5.02 Å². The Labute approximate surface area is 148 Å². The molecule has 1 N–H and O–H groups in total. The van der Waals surface area contributed by atoms with E-state index in [0.717, 1.165) is 17.2 Å². The van der Waals surface area contributed by atoms with E-state index in [4.69, 9.17) is 11.6 Å². The number of nitrogens with zero attached hydrogens (tertiary/aromatic N) is 2. The molecule has 1 aromatic heterocycles. The first kappa shape index (κ1) is 16.6. The highest BCUT2D eigenvalue weighted by Gasteiger charge is 2.16. The summed E-state index contributed by atoms with van der Waals surface area (Å²) in [4.78, 5) is 26.7. The average molecular weight is 354 g/mol. The fourth-order valence-electron chi connectivity index (χ4n) is 2.25. The molecule has 3 rings (SSSR count). The third-order valence-electron chi connectivity index (χ3n) is 3.52. The van der Waals surface area contributed by atoms with Gasteiger partial charge in [0.2, 0.25) is 0 Å². The van der Waals surface area contributed by atoms with Gasteiger partial charge in [-0.3, -0.25) is 14.9 Å². The van der Waals surface area contributed by atoms with Gasteiger partial charge in [-0.15, -0.1) is 0 Å².